The zero-order valence-corrected chi connectivity index (χ0v) is 9.98. The molecule has 0 aliphatic rings. The van der Waals surface area contributed by atoms with E-state index in [1.165, 1.54) is 31.6 Å². The molecular formula is C13H13NS. The second kappa shape index (κ2) is 2.86. The van der Waals surface area contributed by atoms with E-state index in [1.807, 2.05) is 11.3 Å². The largest absolute Gasteiger partial charge is 0.350 e. The van der Waals surface area contributed by atoms with Crippen molar-refractivity contribution in [1.29, 1.82) is 0 Å². The Morgan fingerprint density at radius 1 is 1.07 bits per heavy atom. The van der Waals surface area contributed by atoms with E-state index >= 15 is 0 Å². The van der Waals surface area contributed by atoms with Gasteiger partial charge in [0.2, 0.25) is 0 Å². The first kappa shape index (κ1) is 8.98. The average molecular weight is 215 g/mol. The SMILES string of the molecule is Cc1c2sc3ccccc3c2c(C)n1C. The number of hydrogen-bond acceptors (Lipinski definition) is 1. The number of rotatable bonds is 0. The molecular weight excluding hydrogens is 202 g/mol. The molecule has 1 aromatic carbocycles. The van der Waals surface area contributed by atoms with Crippen LogP contribution in [0, 0.1) is 13.8 Å². The molecule has 0 radical (unpaired) electrons. The normalized spacial score (nSPS) is 11.7. The van der Waals surface area contributed by atoms with Crippen molar-refractivity contribution in [2.24, 2.45) is 7.05 Å². The molecule has 0 unspecified atom stereocenters. The van der Waals surface area contributed by atoms with Gasteiger partial charge in [-0.2, -0.15) is 0 Å². The maximum absolute atomic E-state index is 2.29. The fraction of sp³-hybridized carbons (Fsp3) is 0.231. The fourth-order valence-corrected chi connectivity index (χ4v) is 3.52. The van der Waals surface area contributed by atoms with Crippen molar-refractivity contribution >= 4 is 31.5 Å². The molecule has 2 aromatic heterocycles. The van der Waals surface area contributed by atoms with E-state index in [-0.39, 0.29) is 0 Å². The molecule has 2 heteroatoms. The van der Waals surface area contributed by atoms with E-state index in [0.29, 0.717) is 0 Å². The van der Waals surface area contributed by atoms with Crippen LogP contribution in [0.1, 0.15) is 11.4 Å². The Morgan fingerprint density at radius 2 is 1.80 bits per heavy atom. The Labute approximate surface area is 92.9 Å². The predicted octanol–water partition coefficient (Wildman–Crippen LogP) is 4.01. The summed E-state index contributed by atoms with van der Waals surface area (Å²) in [4.78, 5) is 0. The molecule has 0 amide bonds. The van der Waals surface area contributed by atoms with Gasteiger partial charge in [0.1, 0.15) is 0 Å². The number of benzene rings is 1. The molecule has 0 fully saturated rings. The Bertz CT molecular complexity index is 658. The number of aryl methyl sites for hydroxylation is 2. The van der Waals surface area contributed by atoms with E-state index in [9.17, 15) is 0 Å². The molecule has 76 valence electrons. The number of nitrogens with zero attached hydrogens (tertiary/aromatic N) is 1. The highest BCUT2D eigenvalue weighted by molar-refractivity contribution is 7.26. The average Bonchev–Trinajstić information content (AvgIpc) is 2.72. The van der Waals surface area contributed by atoms with Gasteiger partial charge in [-0.3, -0.25) is 0 Å². The molecule has 0 saturated carbocycles. The lowest BCUT2D eigenvalue weighted by Crippen LogP contribution is -1.92. The van der Waals surface area contributed by atoms with Crippen LogP contribution in [0.25, 0.3) is 20.2 Å². The van der Waals surface area contributed by atoms with Gasteiger partial charge >= 0.3 is 0 Å². The summed E-state index contributed by atoms with van der Waals surface area (Å²) in [6.07, 6.45) is 0. The minimum absolute atomic E-state index is 1.37. The van der Waals surface area contributed by atoms with Crippen molar-refractivity contribution in [3.63, 3.8) is 0 Å². The van der Waals surface area contributed by atoms with Gasteiger partial charge in [-0.1, -0.05) is 18.2 Å². The molecule has 15 heavy (non-hydrogen) atoms. The molecule has 0 N–H and O–H groups in total. The van der Waals surface area contributed by atoms with Crippen LogP contribution in [0.5, 0.6) is 0 Å². The third-order valence-corrected chi connectivity index (χ3v) is 4.57. The van der Waals surface area contributed by atoms with Gasteiger partial charge in [0, 0.05) is 33.9 Å². The Balaban J connectivity index is 2.65. The lowest BCUT2D eigenvalue weighted by Gasteiger charge is -1.99. The molecule has 3 rings (SSSR count). The molecule has 0 bridgehead atoms. The summed E-state index contributed by atoms with van der Waals surface area (Å²) in [5.74, 6) is 0. The molecule has 3 aromatic rings. The summed E-state index contributed by atoms with van der Waals surface area (Å²) in [7, 11) is 2.14. The molecule has 0 aliphatic carbocycles. The van der Waals surface area contributed by atoms with Crippen LogP contribution in [0.3, 0.4) is 0 Å². The zero-order valence-electron chi connectivity index (χ0n) is 9.16. The molecule has 0 aliphatic heterocycles. The highest BCUT2D eigenvalue weighted by Crippen LogP contribution is 2.38. The number of thiophene rings is 1. The molecule has 1 nitrogen and oxygen atoms in total. The summed E-state index contributed by atoms with van der Waals surface area (Å²) in [5.41, 5.74) is 2.75. The summed E-state index contributed by atoms with van der Waals surface area (Å²) in [6, 6.07) is 8.66. The van der Waals surface area contributed by atoms with Crippen molar-refractivity contribution in [2.75, 3.05) is 0 Å². The third-order valence-electron chi connectivity index (χ3n) is 3.29. The smallest absolute Gasteiger partial charge is 0.0564 e. The topological polar surface area (TPSA) is 4.93 Å². The molecule has 0 saturated heterocycles. The van der Waals surface area contributed by atoms with Crippen molar-refractivity contribution < 1.29 is 0 Å². The minimum atomic E-state index is 1.37. The van der Waals surface area contributed by atoms with E-state index < -0.39 is 0 Å². The predicted molar refractivity (Wildman–Crippen MR) is 67.8 cm³/mol. The third kappa shape index (κ3) is 1.03. The summed E-state index contributed by atoms with van der Waals surface area (Å²) >= 11 is 1.90. The van der Waals surface area contributed by atoms with Gasteiger partial charge in [0.25, 0.3) is 0 Å². The Hall–Kier alpha value is -1.28. The number of fused-ring (bicyclic) bond motifs is 3. The maximum atomic E-state index is 2.29. The van der Waals surface area contributed by atoms with E-state index in [4.69, 9.17) is 0 Å². The van der Waals surface area contributed by atoms with Crippen molar-refractivity contribution in [1.82, 2.24) is 4.57 Å². The van der Waals surface area contributed by atoms with Gasteiger partial charge in [-0.05, 0) is 19.9 Å². The van der Waals surface area contributed by atoms with Crippen molar-refractivity contribution in [3.8, 4) is 0 Å². The highest BCUT2D eigenvalue weighted by Gasteiger charge is 2.13. The van der Waals surface area contributed by atoms with Crippen LogP contribution in [0.2, 0.25) is 0 Å². The fourth-order valence-electron chi connectivity index (χ4n) is 2.23. The van der Waals surface area contributed by atoms with Crippen LogP contribution in [-0.2, 0) is 7.05 Å². The molecule has 2 heterocycles. The summed E-state index contributed by atoms with van der Waals surface area (Å²) in [6.45, 7) is 4.40. The number of aromatic nitrogens is 1. The quantitative estimate of drug-likeness (QED) is 0.534. The van der Waals surface area contributed by atoms with Crippen LogP contribution in [0.15, 0.2) is 24.3 Å². The molecule has 0 spiro atoms. The maximum Gasteiger partial charge on any atom is 0.0564 e. The van der Waals surface area contributed by atoms with Crippen molar-refractivity contribution in [2.45, 2.75) is 13.8 Å². The second-order valence-corrected chi connectivity index (χ2v) is 5.08. The lowest BCUT2D eigenvalue weighted by atomic mass is 10.2. The van der Waals surface area contributed by atoms with Gasteiger partial charge < -0.3 is 4.57 Å². The van der Waals surface area contributed by atoms with Gasteiger partial charge in [-0.15, -0.1) is 11.3 Å². The van der Waals surface area contributed by atoms with Crippen LogP contribution in [0.4, 0.5) is 0 Å². The first-order chi connectivity index (χ1) is 7.20. The Kier molecular flexibility index (Phi) is 1.71. The van der Waals surface area contributed by atoms with E-state index in [2.05, 4.69) is 49.7 Å². The molecule has 0 atom stereocenters. The van der Waals surface area contributed by atoms with Gasteiger partial charge in [0.05, 0.1) is 4.70 Å². The van der Waals surface area contributed by atoms with Crippen LogP contribution >= 0.6 is 11.3 Å². The summed E-state index contributed by atoms with van der Waals surface area (Å²) in [5, 5.41) is 2.84. The van der Waals surface area contributed by atoms with Gasteiger partial charge in [-0.25, -0.2) is 0 Å². The van der Waals surface area contributed by atoms with E-state index in [0.717, 1.165) is 0 Å². The highest BCUT2D eigenvalue weighted by atomic mass is 32.1. The van der Waals surface area contributed by atoms with Crippen molar-refractivity contribution in [3.05, 3.63) is 35.7 Å². The Morgan fingerprint density at radius 3 is 2.60 bits per heavy atom. The number of hydrogen-bond donors (Lipinski definition) is 0. The minimum Gasteiger partial charge on any atom is -0.350 e. The standard InChI is InChI=1S/C13H13NS/c1-8-12-10-6-4-5-7-11(10)15-13(12)9(2)14(8)3/h4-7H,1-3H3. The van der Waals surface area contributed by atoms with Crippen LogP contribution < -0.4 is 0 Å². The van der Waals surface area contributed by atoms with Crippen LogP contribution in [-0.4, -0.2) is 4.57 Å². The first-order valence-electron chi connectivity index (χ1n) is 5.13. The second-order valence-electron chi connectivity index (χ2n) is 4.03. The first-order valence-corrected chi connectivity index (χ1v) is 5.95. The summed E-state index contributed by atoms with van der Waals surface area (Å²) < 4.78 is 5.12. The van der Waals surface area contributed by atoms with E-state index in [1.54, 1.807) is 0 Å². The lowest BCUT2D eigenvalue weighted by molar-refractivity contribution is 0.852. The zero-order chi connectivity index (χ0) is 10.6. The van der Waals surface area contributed by atoms with Gasteiger partial charge in [0.15, 0.2) is 0 Å². The monoisotopic (exact) mass is 215 g/mol.